The quantitative estimate of drug-likeness (QED) is 0.838. The lowest BCUT2D eigenvalue weighted by molar-refractivity contribution is 0.0924. The van der Waals surface area contributed by atoms with Gasteiger partial charge in [0, 0.05) is 13.0 Å². The summed E-state index contributed by atoms with van der Waals surface area (Å²) in [5.41, 5.74) is 2.83. The Hall–Kier alpha value is -2.10. The molecule has 1 aromatic heterocycles. The van der Waals surface area contributed by atoms with Gasteiger partial charge in [-0.15, -0.1) is 0 Å². The van der Waals surface area contributed by atoms with Crippen LogP contribution < -0.4 is 5.32 Å². The van der Waals surface area contributed by atoms with Crippen LogP contribution in [0.25, 0.3) is 0 Å². The van der Waals surface area contributed by atoms with Gasteiger partial charge < -0.3 is 5.32 Å². The molecule has 0 saturated heterocycles. The lowest BCUT2D eigenvalue weighted by Crippen LogP contribution is -2.35. The van der Waals surface area contributed by atoms with Crippen molar-refractivity contribution in [3.05, 3.63) is 53.3 Å². The highest BCUT2D eigenvalue weighted by Crippen LogP contribution is 2.12. The summed E-state index contributed by atoms with van der Waals surface area (Å²) in [7, 11) is 0. The Bertz CT molecular complexity index is 545. The van der Waals surface area contributed by atoms with Gasteiger partial charge in [0.05, 0.1) is 12.2 Å². The fraction of sp³-hybridized carbons (Fsp3) is 0.231. The Morgan fingerprint density at radius 3 is 2.88 bits per heavy atom. The van der Waals surface area contributed by atoms with Crippen LogP contribution in [-0.4, -0.2) is 22.2 Å². The number of nitrogens with one attached hydrogen (secondary N) is 1. The molecule has 4 nitrogen and oxygen atoms in total. The van der Waals surface area contributed by atoms with Gasteiger partial charge in [-0.1, -0.05) is 30.3 Å². The molecule has 2 heterocycles. The molecule has 0 fully saturated rings. The maximum Gasteiger partial charge on any atom is 0.269 e. The highest BCUT2D eigenvalue weighted by atomic mass is 16.2. The zero-order valence-electron chi connectivity index (χ0n) is 9.39. The molecule has 0 atom stereocenters. The minimum atomic E-state index is -0.0249. The van der Waals surface area contributed by atoms with E-state index >= 15 is 0 Å². The first-order valence-electron chi connectivity index (χ1n) is 5.72. The van der Waals surface area contributed by atoms with Gasteiger partial charge in [0.15, 0.2) is 0 Å². The molecule has 4 heteroatoms. The van der Waals surface area contributed by atoms with E-state index in [1.54, 1.807) is 4.68 Å². The number of carbonyl (C=O) groups is 1. The highest BCUT2D eigenvalue weighted by Gasteiger charge is 2.18. The second-order valence-corrected chi connectivity index (χ2v) is 4.16. The Labute approximate surface area is 99.3 Å². The van der Waals surface area contributed by atoms with Crippen molar-refractivity contribution < 1.29 is 4.79 Å². The Kier molecular flexibility index (Phi) is 2.40. The van der Waals surface area contributed by atoms with E-state index in [0.717, 1.165) is 18.7 Å². The molecular weight excluding hydrogens is 214 g/mol. The van der Waals surface area contributed by atoms with Crippen LogP contribution in [0.2, 0.25) is 0 Å². The van der Waals surface area contributed by atoms with Crippen LogP contribution in [0.4, 0.5) is 0 Å². The molecule has 0 spiro atoms. The van der Waals surface area contributed by atoms with Gasteiger partial charge >= 0.3 is 0 Å². The third-order valence-corrected chi connectivity index (χ3v) is 2.90. The summed E-state index contributed by atoms with van der Waals surface area (Å²) in [6.07, 6.45) is 0.772. The van der Waals surface area contributed by atoms with E-state index in [2.05, 4.69) is 22.5 Å². The summed E-state index contributed by atoms with van der Waals surface area (Å²) >= 11 is 0. The number of hydrogen-bond acceptors (Lipinski definition) is 2. The van der Waals surface area contributed by atoms with Crippen molar-refractivity contribution in [2.45, 2.75) is 13.0 Å². The topological polar surface area (TPSA) is 46.9 Å². The van der Waals surface area contributed by atoms with Gasteiger partial charge in [-0.3, -0.25) is 9.48 Å². The SMILES string of the molecule is O=C1NCCn2nc(Cc3ccccc3)cc21. The minimum Gasteiger partial charge on any atom is -0.349 e. The van der Waals surface area contributed by atoms with Crippen LogP contribution in [0.1, 0.15) is 21.7 Å². The first-order valence-corrected chi connectivity index (χ1v) is 5.72. The van der Waals surface area contributed by atoms with E-state index in [4.69, 9.17) is 0 Å². The van der Waals surface area contributed by atoms with Crippen molar-refractivity contribution in [3.8, 4) is 0 Å². The van der Waals surface area contributed by atoms with Gasteiger partial charge in [-0.05, 0) is 11.6 Å². The number of carbonyl (C=O) groups excluding carboxylic acids is 1. The zero-order valence-corrected chi connectivity index (χ0v) is 9.39. The second kappa shape index (κ2) is 4.05. The minimum absolute atomic E-state index is 0.0249. The number of hydrogen-bond donors (Lipinski definition) is 1. The standard InChI is InChI=1S/C13H13N3O/c17-13-12-9-11(15-16(12)7-6-14-13)8-10-4-2-1-3-5-10/h1-5,9H,6-8H2,(H,14,17). The molecule has 0 aliphatic carbocycles. The number of benzene rings is 1. The molecule has 3 rings (SSSR count). The molecule has 2 aromatic rings. The van der Waals surface area contributed by atoms with Crippen LogP contribution >= 0.6 is 0 Å². The molecule has 0 unspecified atom stereocenters. The number of fused-ring (bicyclic) bond motifs is 1. The second-order valence-electron chi connectivity index (χ2n) is 4.16. The molecule has 1 aliphatic rings. The molecule has 86 valence electrons. The van der Waals surface area contributed by atoms with Crippen LogP contribution in [-0.2, 0) is 13.0 Å². The van der Waals surface area contributed by atoms with Gasteiger partial charge in [0.1, 0.15) is 5.69 Å². The summed E-state index contributed by atoms with van der Waals surface area (Å²) in [5.74, 6) is -0.0249. The average Bonchev–Trinajstić information content (AvgIpc) is 2.74. The maximum atomic E-state index is 11.6. The van der Waals surface area contributed by atoms with Gasteiger partial charge in [-0.2, -0.15) is 5.10 Å². The van der Waals surface area contributed by atoms with E-state index < -0.39 is 0 Å². The number of rotatable bonds is 2. The molecule has 1 N–H and O–H groups in total. The van der Waals surface area contributed by atoms with Crippen LogP contribution in [0.3, 0.4) is 0 Å². The van der Waals surface area contributed by atoms with Gasteiger partial charge in [-0.25, -0.2) is 0 Å². The van der Waals surface area contributed by atoms with Crippen molar-refractivity contribution in [2.24, 2.45) is 0 Å². The number of nitrogens with zero attached hydrogens (tertiary/aromatic N) is 2. The summed E-state index contributed by atoms with van der Waals surface area (Å²) in [6.45, 7) is 1.42. The van der Waals surface area contributed by atoms with Crippen molar-refractivity contribution in [3.63, 3.8) is 0 Å². The number of amides is 1. The molecule has 0 bridgehead atoms. The monoisotopic (exact) mass is 227 g/mol. The Balaban J connectivity index is 1.88. The molecule has 0 saturated carbocycles. The van der Waals surface area contributed by atoms with Crippen LogP contribution in [0.5, 0.6) is 0 Å². The first kappa shape index (κ1) is 10.1. The lowest BCUT2D eigenvalue weighted by atomic mass is 10.1. The molecular formula is C13H13N3O. The predicted molar refractivity (Wildman–Crippen MR) is 63.8 cm³/mol. The molecule has 1 amide bonds. The Morgan fingerprint density at radius 1 is 1.29 bits per heavy atom. The van der Waals surface area contributed by atoms with Crippen LogP contribution in [0, 0.1) is 0 Å². The average molecular weight is 227 g/mol. The van der Waals surface area contributed by atoms with Crippen molar-refractivity contribution in [1.29, 1.82) is 0 Å². The molecule has 1 aliphatic heterocycles. The van der Waals surface area contributed by atoms with Crippen molar-refractivity contribution in [2.75, 3.05) is 6.54 Å². The fourth-order valence-corrected chi connectivity index (χ4v) is 2.08. The van der Waals surface area contributed by atoms with Crippen LogP contribution in [0.15, 0.2) is 36.4 Å². The summed E-state index contributed by atoms with van der Waals surface area (Å²) in [6, 6.07) is 12.0. The maximum absolute atomic E-state index is 11.6. The zero-order chi connectivity index (χ0) is 11.7. The van der Waals surface area contributed by atoms with E-state index in [-0.39, 0.29) is 5.91 Å². The third-order valence-electron chi connectivity index (χ3n) is 2.90. The first-order chi connectivity index (χ1) is 8.33. The van der Waals surface area contributed by atoms with E-state index in [1.807, 2.05) is 24.3 Å². The summed E-state index contributed by atoms with van der Waals surface area (Å²) in [4.78, 5) is 11.6. The summed E-state index contributed by atoms with van der Waals surface area (Å²) < 4.78 is 1.79. The Morgan fingerprint density at radius 2 is 2.12 bits per heavy atom. The smallest absolute Gasteiger partial charge is 0.269 e. The van der Waals surface area contributed by atoms with Gasteiger partial charge in [0.25, 0.3) is 5.91 Å². The van der Waals surface area contributed by atoms with E-state index in [0.29, 0.717) is 12.2 Å². The lowest BCUT2D eigenvalue weighted by Gasteiger charge is -2.13. The fourth-order valence-electron chi connectivity index (χ4n) is 2.08. The largest absolute Gasteiger partial charge is 0.349 e. The van der Waals surface area contributed by atoms with Crippen molar-refractivity contribution >= 4 is 5.91 Å². The summed E-state index contributed by atoms with van der Waals surface area (Å²) in [5, 5.41) is 7.27. The number of aromatic nitrogens is 2. The molecule has 1 aromatic carbocycles. The third kappa shape index (κ3) is 1.93. The van der Waals surface area contributed by atoms with E-state index in [1.165, 1.54) is 5.56 Å². The molecule has 17 heavy (non-hydrogen) atoms. The normalized spacial score (nSPS) is 14.2. The van der Waals surface area contributed by atoms with Crippen molar-refractivity contribution in [1.82, 2.24) is 15.1 Å². The van der Waals surface area contributed by atoms with E-state index in [9.17, 15) is 4.79 Å². The molecule has 0 radical (unpaired) electrons. The predicted octanol–water partition coefficient (Wildman–Crippen LogP) is 1.22. The van der Waals surface area contributed by atoms with Gasteiger partial charge in [0.2, 0.25) is 0 Å². The highest BCUT2D eigenvalue weighted by molar-refractivity contribution is 5.93.